The van der Waals surface area contributed by atoms with E-state index in [2.05, 4.69) is 26.0 Å². The summed E-state index contributed by atoms with van der Waals surface area (Å²) in [6.07, 6.45) is 11.0. The van der Waals surface area contributed by atoms with E-state index in [4.69, 9.17) is 6.42 Å². The van der Waals surface area contributed by atoms with Gasteiger partial charge in [-0.15, -0.1) is 6.42 Å². The quantitative estimate of drug-likeness (QED) is 0.422. The van der Waals surface area contributed by atoms with Crippen LogP contribution in [0.1, 0.15) is 19.8 Å². The monoisotopic (exact) mass is 146 g/mol. The Morgan fingerprint density at radius 2 is 2.27 bits per heavy atom. The number of hydrogen-bond acceptors (Lipinski definition) is 0. The summed E-state index contributed by atoms with van der Waals surface area (Å²) < 4.78 is 0. The number of hydrogen-bond donors (Lipinski definition) is 0. The van der Waals surface area contributed by atoms with Gasteiger partial charge in [0.1, 0.15) is 0 Å². The van der Waals surface area contributed by atoms with Crippen LogP contribution >= 0.6 is 0 Å². The maximum absolute atomic E-state index is 5.14. The molecule has 0 aromatic rings. The second-order valence-electron chi connectivity index (χ2n) is 2.34. The summed E-state index contributed by atoms with van der Waals surface area (Å²) in [4.78, 5) is 0. The molecule has 11 heavy (non-hydrogen) atoms. The van der Waals surface area contributed by atoms with Gasteiger partial charge in [-0.25, -0.2) is 0 Å². The van der Waals surface area contributed by atoms with Crippen molar-refractivity contribution in [2.45, 2.75) is 19.8 Å². The van der Waals surface area contributed by atoms with E-state index in [0.717, 1.165) is 18.4 Å². The molecular weight excluding hydrogens is 132 g/mol. The third kappa shape index (κ3) is 4.22. The zero-order chi connectivity index (χ0) is 8.69. The van der Waals surface area contributed by atoms with Crippen molar-refractivity contribution in [3.05, 3.63) is 36.5 Å². The fourth-order valence-corrected chi connectivity index (χ4v) is 0.787. The highest BCUT2D eigenvalue weighted by Gasteiger charge is 1.89. The van der Waals surface area contributed by atoms with Gasteiger partial charge in [-0.2, -0.15) is 0 Å². The van der Waals surface area contributed by atoms with Crippen LogP contribution in [0.3, 0.4) is 0 Å². The summed E-state index contributed by atoms with van der Waals surface area (Å²) in [5, 5.41) is 0. The van der Waals surface area contributed by atoms with Gasteiger partial charge in [-0.1, -0.05) is 38.5 Å². The highest BCUT2D eigenvalue weighted by molar-refractivity contribution is 5.38. The van der Waals surface area contributed by atoms with E-state index >= 15 is 0 Å². The van der Waals surface area contributed by atoms with Crippen molar-refractivity contribution in [2.24, 2.45) is 0 Å². The molecule has 0 aliphatic rings. The van der Waals surface area contributed by atoms with Crippen LogP contribution in [-0.2, 0) is 0 Å². The van der Waals surface area contributed by atoms with Crippen molar-refractivity contribution in [1.29, 1.82) is 0 Å². The fourth-order valence-electron chi connectivity index (χ4n) is 0.787. The Labute approximate surface area is 69.3 Å². The van der Waals surface area contributed by atoms with Crippen molar-refractivity contribution in [3.8, 4) is 12.3 Å². The van der Waals surface area contributed by atoms with E-state index in [1.807, 2.05) is 12.2 Å². The van der Waals surface area contributed by atoms with Crippen molar-refractivity contribution in [3.63, 3.8) is 0 Å². The van der Waals surface area contributed by atoms with Gasteiger partial charge in [0.15, 0.2) is 0 Å². The van der Waals surface area contributed by atoms with Crippen molar-refractivity contribution < 1.29 is 0 Å². The Balaban J connectivity index is 4.25. The predicted molar refractivity (Wildman–Crippen MR) is 51.2 cm³/mol. The first kappa shape index (κ1) is 9.78. The van der Waals surface area contributed by atoms with Crippen LogP contribution in [0.4, 0.5) is 0 Å². The summed E-state index contributed by atoms with van der Waals surface area (Å²) in [5.41, 5.74) is 1.88. The van der Waals surface area contributed by atoms with Gasteiger partial charge < -0.3 is 0 Å². The minimum absolute atomic E-state index is 0.716. The molecule has 0 rings (SSSR count). The summed E-state index contributed by atoms with van der Waals surface area (Å²) in [5.74, 6) is 2.47. The SMILES string of the molecule is C#CC(=C)/C=C(\C=C)CCC. The molecule has 0 aliphatic heterocycles. The molecule has 0 saturated carbocycles. The fraction of sp³-hybridized carbons (Fsp3) is 0.273. The smallest absolute Gasteiger partial charge is 0.0173 e. The van der Waals surface area contributed by atoms with Crippen LogP contribution in [0.15, 0.2) is 36.5 Å². The standard InChI is InChI=1S/C11H14/c1-5-8-11(7-3)9-10(4)6-2/h2,7,9H,3-5,8H2,1H3/b11-9+. The van der Waals surface area contributed by atoms with Gasteiger partial charge in [0.25, 0.3) is 0 Å². The average molecular weight is 146 g/mol. The van der Waals surface area contributed by atoms with Gasteiger partial charge >= 0.3 is 0 Å². The van der Waals surface area contributed by atoms with Crippen LogP contribution in [0.25, 0.3) is 0 Å². The Bertz CT molecular complexity index is 211. The maximum Gasteiger partial charge on any atom is 0.0173 e. The summed E-state index contributed by atoms with van der Waals surface area (Å²) in [7, 11) is 0. The first-order valence-corrected chi connectivity index (χ1v) is 3.73. The maximum atomic E-state index is 5.14. The lowest BCUT2D eigenvalue weighted by Gasteiger charge is -1.96. The molecular formula is C11H14. The predicted octanol–water partition coefficient (Wildman–Crippen LogP) is 3.09. The number of rotatable bonds is 4. The third-order valence-electron chi connectivity index (χ3n) is 1.35. The lowest BCUT2D eigenvalue weighted by Crippen LogP contribution is -1.78. The lowest BCUT2D eigenvalue weighted by atomic mass is 10.1. The van der Waals surface area contributed by atoms with Gasteiger partial charge in [0.05, 0.1) is 0 Å². The van der Waals surface area contributed by atoms with E-state index in [0.29, 0.717) is 5.57 Å². The molecule has 0 unspecified atom stereocenters. The average Bonchev–Trinajstić information content (AvgIpc) is 2.03. The highest BCUT2D eigenvalue weighted by Crippen LogP contribution is 2.07. The molecule has 0 heterocycles. The molecule has 0 spiro atoms. The lowest BCUT2D eigenvalue weighted by molar-refractivity contribution is 0.926. The summed E-state index contributed by atoms with van der Waals surface area (Å²) in [6.45, 7) is 9.49. The largest absolute Gasteiger partial charge is 0.115 e. The Morgan fingerprint density at radius 3 is 2.64 bits per heavy atom. The van der Waals surface area contributed by atoms with Crippen LogP contribution < -0.4 is 0 Å². The molecule has 58 valence electrons. The molecule has 0 aromatic carbocycles. The first-order chi connectivity index (χ1) is 5.24. The second kappa shape index (κ2) is 5.56. The molecule has 0 N–H and O–H groups in total. The van der Waals surface area contributed by atoms with Crippen LogP contribution in [0, 0.1) is 12.3 Å². The summed E-state index contributed by atoms with van der Waals surface area (Å²) >= 11 is 0. The highest BCUT2D eigenvalue weighted by atomic mass is 13.9. The van der Waals surface area contributed by atoms with Gasteiger partial charge in [0, 0.05) is 5.57 Å². The van der Waals surface area contributed by atoms with E-state index < -0.39 is 0 Å². The van der Waals surface area contributed by atoms with Crippen LogP contribution in [0.5, 0.6) is 0 Å². The Hall–Kier alpha value is -1.22. The van der Waals surface area contributed by atoms with E-state index in [-0.39, 0.29) is 0 Å². The summed E-state index contributed by atoms with van der Waals surface area (Å²) in [6, 6.07) is 0. The minimum atomic E-state index is 0.716. The second-order valence-corrected chi connectivity index (χ2v) is 2.34. The molecule has 0 bridgehead atoms. The number of terminal acetylenes is 1. The number of allylic oxidation sites excluding steroid dienone is 4. The first-order valence-electron chi connectivity index (χ1n) is 3.73. The van der Waals surface area contributed by atoms with Gasteiger partial charge in [-0.05, 0) is 18.1 Å². The van der Waals surface area contributed by atoms with Gasteiger partial charge in [0.2, 0.25) is 0 Å². The van der Waals surface area contributed by atoms with E-state index in [1.54, 1.807) is 0 Å². The Kier molecular flexibility index (Phi) is 4.94. The van der Waals surface area contributed by atoms with Gasteiger partial charge in [-0.3, -0.25) is 0 Å². The van der Waals surface area contributed by atoms with Crippen molar-refractivity contribution >= 4 is 0 Å². The molecule has 0 saturated heterocycles. The topological polar surface area (TPSA) is 0 Å². The Morgan fingerprint density at radius 1 is 1.64 bits per heavy atom. The van der Waals surface area contributed by atoms with Crippen molar-refractivity contribution in [1.82, 2.24) is 0 Å². The molecule has 0 fully saturated rings. The van der Waals surface area contributed by atoms with Crippen molar-refractivity contribution in [2.75, 3.05) is 0 Å². The molecule has 0 amide bonds. The molecule has 0 radical (unpaired) electrons. The van der Waals surface area contributed by atoms with Crippen LogP contribution in [-0.4, -0.2) is 0 Å². The zero-order valence-electron chi connectivity index (χ0n) is 7.06. The molecule has 0 nitrogen and oxygen atoms in total. The van der Waals surface area contributed by atoms with Crippen LogP contribution in [0.2, 0.25) is 0 Å². The normalized spacial score (nSPS) is 10.4. The minimum Gasteiger partial charge on any atom is -0.115 e. The molecule has 0 aliphatic carbocycles. The van der Waals surface area contributed by atoms with E-state index in [9.17, 15) is 0 Å². The zero-order valence-corrected chi connectivity index (χ0v) is 7.06. The molecule has 0 heteroatoms. The molecule has 0 aromatic heterocycles. The third-order valence-corrected chi connectivity index (χ3v) is 1.35. The van der Waals surface area contributed by atoms with E-state index in [1.165, 1.54) is 0 Å². The molecule has 0 atom stereocenters.